The summed E-state index contributed by atoms with van der Waals surface area (Å²) in [6.07, 6.45) is 0.167. The molecule has 3 nitrogen and oxygen atoms in total. The Morgan fingerprint density at radius 2 is 2.08 bits per heavy atom. The summed E-state index contributed by atoms with van der Waals surface area (Å²) in [5, 5.41) is 0. The topological polar surface area (TPSA) is 43.4 Å². The van der Waals surface area contributed by atoms with Crippen molar-refractivity contribution < 1.29 is 14.3 Å². The normalized spacial score (nSPS) is 15.2. The summed E-state index contributed by atoms with van der Waals surface area (Å²) in [6.45, 7) is 0. The highest BCUT2D eigenvalue weighted by Crippen LogP contribution is 2.21. The fourth-order valence-corrected chi connectivity index (χ4v) is 1.67. The number of carbonyl (C=O) groups excluding carboxylic acids is 2. The van der Waals surface area contributed by atoms with Crippen LogP contribution >= 0.6 is 15.9 Å². The lowest BCUT2D eigenvalue weighted by Gasteiger charge is -2.13. The van der Waals surface area contributed by atoms with E-state index in [2.05, 4.69) is 20.7 Å². The van der Waals surface area contributed by atoms with Gasteiger partial charge in [0, 0.05) is 4.47 Å². The fourth-order valence-electron chi connectivity index (χ4n) is 1.26. The zero-order chi connectivity index (χ0) is 9.42. The number of cyclic esters (lactones) is 2. The fraction of sp³-hybridized carbons (Fsp3) is 0.111. The number of esters is 2. The van der Waals surface area contributed by atoms with Gasteiger partial charge in [0.15, 0.2) is 0 Å². The van der Waals surface area contributed by atoms with Gasteiger partial charge in [-0.1, -0.05) is 15.9 Å². The number of rotatable bonds is 0. The molecule has 0 spiro atoms. The minimum Gasteiger partial charge on any atom is -0.389 e. The van der Waals surface area contributed by atoms with Gasteiger partial charge in [0.1, 0.15) is 0 Å². The van der Waals surface area contributed by atoms with Crippen LogP contribution in [0, 0.1) is 0 Å². The lowest BCUT2D eigenvalue weighted by Crippen LogP contribution is -2.22. The van der Waals surface area contributed by atoms with E-state index in [4.69, 9.17) is 0 Å². The second-order valence-corrected chi connectivity index (χ2v) is 3.66. The first-order valence-electron chi connectivity index (χ1n) is 3.70. The van der Waals surface area contributed by atoms with Gasteiger partial charge in [0.2, 0.25) is 0 Å². The van der Waals surface area contributed by atoms with E-state index >= 15 is 0 Å². The number of benzene rings is 1. The molecule has 1 aromatic rings. The molecule has 0 aliphatic carbocycles. The second kappa shape index (κ2) is 2.96. The summed E-state index contributed by atoms with van der Waals surface area (Å²) in [5.41, 5.74) is 1.19. The molecule has 0 fully saturated rings. The van der Waals surface area contributed by atoms with Gasteiger partial charge < -0.3 is 4.74 Å². The van der Waals surface area contributed by atoms with E-state index in [1.807, 2.05) is 0 Å². The number of ether oxygens (including phenoxy) is 1. The van der Waals surface area contributed by atoms with Gasteiger partial charge in [-0.15, -0.1) is 0 Å². The Morgan fingerprint density at radius 3 is 2.85 bits per heavy atom. The van der Waals surface area contributed by atoms with Gasteiger partial charge in [-0.2, -0.15) is 0 Å². The van der Waals surface area contributed by atoms with Crippen LogP contribution in [0.3, 0.4) is 0 Å². The molecule has 0 aromatic heterocycles. The maximum atomic E-state index is 11.1. The third kappa shape index (κ3) is 1.49. The van der Waals surface area contributed by atoms with Gasteiger partial charge >= 0.3 is 11.9 Å². The van der Waals surface area contributed by atoms with Crippen molar-refractivity contribution in [2.75, 3.05) is 0 Å². The van der Waals surface area contributed by atoms with Crippen molar-refractivity contribution >= 4 is 27.9 Å². The van der Waals surface area contributed by atoms with Crippen LogP contribution in [0.1, 0.15) is 15.9 Å². The van der Waals surface area contributed by atoms with Crippen LogP contribution in [0.2, 0.25) is 0 Å². The van der Waals surface area contributed by atoms with Crippen LogP contribution in [0.15, 0.2) is 22.7 Å². The van der Waals surface area contributed by atoms with Gasteiger partial charge in [-0.05, 0) is 23.8 Å². The number of fused-ring (bicyclic) bond motifs is 1. The molecule has 1 aliphatic heterocycles. The van der Waals surface area contributed by atoms with Gasteiger partial charge in [0.05, 0.1) is 12.0 Å². The summed E-state index contributed by atoms with van der Waals surface area (Å²) >= 11 is 3.27. The minimum absolute atomic E-state index is 0.167. The summed E-state index contributed by atoms with van der Waals surface area (Å²) in [7, 11) is 0. The molecule has 1 heterocycles. The summed E-state index contributed by atoms with van der Waals surface area (Å²) in [4.78, 5) is 22.0. The zero-order valence-electron chi connectivity index (χ0n) is 6.54. The van der Waals surface area contributed by atoms with Crippen LogP contribution in [0.5, 0.6) is 0 Å². The van der Waals surface area contributed by atoms with Crippen molar-refractivity contribution in [3.63, 3.8) is 0 Å². The highest BCUT2D eigenvalue weighted by molar-refractivity contribution is 9.10. The third-order valence-electron chi connectivity index (χ3n) is 1.83. The van der Waals surface area contributed by atoms with Crippen LogP contribution in [-0.2, 0) is 16.0 Å². The summed E-state index contributed by atoms with van der Waals surface area (Å²) < 4.78 is 5.31. The first-order chi connectivity index (χ1) is 6.16. The average molecular weight is 241 g/mol. The molecule has 13 heavy (non-hydrogen) atoms. The van der Waals surface area contributed by atoms with E-state index < -0.39 is 11.9 Å². The Kier molecular flexibility index (Phi) is 1.92. The third-order valence-corrected chi connectivity index (χ3v) is 2.32. The predicted molar refractivity (Wildman–Crippen MR) is 48.3 cm³/mol. The molecule has 0 bridgehead atoms. The van der Waals surface area contributed by atoms with E-state index in [0.29, 0.717) is 5.56 Å². The highest BCUT2D eigenvalue weighted by Gasteiger charge is 2.24. The Morgan fingerprint density at radius 1 is 1.31 bits per heavy atom. The van der Waals surface area contributed by atoms with Crippen LogP contribution < -0.4 is 0 Å². The molecule has 1 aliphatic rings. The molecular weight excluding hydrogens is 236 g/mol. The molecule has 0 amide bonds. The van der Waals surface area contributed by atoms with Gasteiger partial charge in [-0.3, -0.25) is 4.79 Å². The quantitative estimate of drug-likeness (QED) is 0.512. The maximum Gasteiger partial charge on any atom is 0.346 e. The van der Waals surface area contributed by atoms with E-state index in [1.165, 1.54) is 0 Å². The first-order valence-corrected chi connectivity index (χ1v) is 4.49. The van der Waals surface area contributed by atoms with Crippen molar-refractivity contribution in [2.24, 2.45) is 0 Å². The summed E-state index contributed by atoms with van der Waals surface area (Å²) in [5.74, 6) is -1.05. The Bertz CT molecular complexity index is 398. The molecular formula is C9H5BrO3. The number of hydrogen-bond donors (Lipinski definition) is 0. The maximum absolute atomic E-state index is 11.1. The molecule has 0 atom stereocenters. The number of halogens is 1. The molecule has 4 heteroatoms. The molecule has 2 rings (SSSR count). The highest BCUT2D eigenvalue weighted by atomic mass is 79.9. The van der Waals surface area contributed by atoms with Gasteiger partial charge in [0.25, 0.3) is 0 Å². The van der Waals surface area contributed by atoms with E-state index in [-0.39, 0.29) is 6.42 Å². The standard InChI is InChI=1S/C9H5BrO3/c10-6-1-2-7-5(3-6)4-8(11)13-9(7)12/h1-3H,4H2. The Labute approximate surface area is 82.8 Å². The van der Waals surface area contributed by atoms with E-state index in [0.717, 1.165) is 10.0 Å². The Hall–Kier alpha value is -1.16. The molecule has 0 saturated carbocycles. The smallest absolute Gasteiger partial charge is 0.346 e. The van der Waals surface area contributed by atoms with E-state index in [1.54, 1.807) is 18.2 Å². The zero-order valence-corrected chi connectivity index (χ0v) is 8.13. The molecule has 0 radical (unpaired) electrons. The molecule has 0 saturated heterocycles. The monoisotopic (exact) mass is 240 g/mol. The lowest BCUT2D eigenvalue weighted by atomic mass is 10.0. The predicted octanol–water partition coefficient (Wildman–Crippen LogP) is 1.69. The first kappa shape index (κ1) is 8.44. The minimum atomic E-state index is -0.557. The largest absolute Gasteiger partial charge is 0.389 e. The lowest BCUT2D eigenvalue weighted by molar-refractivity contribution is -0.137. The average Bonchev–Trinajstić information content (AvgIpc) is 2.02. The Balaban J connectivity index is 2.55. The van der Waals surface area contributed by atoms with Crippen molar-refractivity contribution in [3.05, 3.63) is 33.8 Å². The second-order valence-electron chi connectivity index (χ2n) is 2.74. The SMILES string of the molecule is O=C1Cc2cc(Br)ccc2C(=O)O1. The van der Waals surface area contributed by atoms with Gasteiger partial charge in [-0.25, -0.2) is 4.79 Å². The molecule has 1 aromatic carbocycles. The van der Waals surface area contributed by atoms with Crippen LogP contribution in [-0.4, -0.2) is 11.9 Å². The molecule has 0 N–H and O–H groups in total. The molecule has 0 unspecified atom stereocenters. The van der Waals surface area contributed by atoms with Crippen molar-refractivity contribution in [1.82, 2.24) is 0 Å². The number of carbonyl (C=O) groups is 2. The van der Waals surface area contributed by atoms with Crippen LogP contribution in [0.25, 0.3) is 0 Å². The van der Waals surface area contributed by atoms with Crippen molar-refractivity contribution in [2.45, 2.75) is 6.42 Å². The molecule has 66 valence electrons. The van der Waals surface area contributed by atoms with Crippen molar-refractivity contribution in [1.29, 1.82) is 0 Å². The van der Waals surface area contributed by atoms with Crippen molar-refractivity contribution in [3.8, 4) is 0 Å². The van der Waals surface area contributed by atoms with Crippen LogP contribution in [0.4, 0.5) is 0 Å². The van der Waals surface area contributed by atoms with E-state index in [9.17, 15) is 9.59 Å². The summed E-state index contributed by atoms with van der Waals surface area (Å²) in [6, 6.07) is 5.15. The number of hydrogen-bond acceptors (Lipinski definition) is 3.